The van der Waals surface area contributed by atoms with Gasteiger partial charge in [0.15, 0.2) is 0 Å². The highest BCUT2D eigenvalue weighted by Gasteiger charge is 2.24. The molecule has 33 heavy (non-hydrogen) atoms. The SMILES string of the molecule is CCCC[P](CCCC)(CCCC)CCCC.O=C(O)c1cc(C(=O)O)cc(S(=O)(=O)O)c1. The van der Waals surface area contributed by atoms with Gasteiger partial charge in [0.05, 0.1) is 16.0 Å². The van der Waals surface area contributed by atoms with E-state index in [1.165, 1.54) is 51.4 Å². The van der Waals surface area contributed by atoms with Crippen LogP contribution >= 0.6 is 7.26 Å². The molecule has 0 aromatic heterocycles. The van der Waals surface area contributed by atoms with Crippen LogP contribution in [0.15, 0.2) is 23.1 Å². The highest BCUT2D eigenvalue weighted by atomic mass is 32.2. The number of carbonyl (C=O) groups is 2. The van der Waals surface area contributed by atoms with Crippen molar-refractivity contribution in [3.63, 3.8) is 0 Å². The van der Waals surface area contributed by atoms with E-state index in [-0.39, 0.29) is 0 Å². The molecule has 0 heterocycles. The maximum Gasteiger partial charge on any atom is 0.335 e. The lowest BCUT2D eigenvalue weighted by Crippen LogP contribution is -2.12. The minimum Gasteiger partial charge on any atom is -0.478 e. The van der Waals surface area contributed by atoms with Crippen molar-refractivity contribution >= 4 is 29.3 Å². The predicted molar refractivity (Wildman–Crippen MR) is 136 cm³/mol. The number of rotatable bonds is 15. The normalized spacial score (nSPS) is 11.5. The topological polar surface area (TPSA) is 129 Å². The van der Waals surface area contributed by atoms with Gasteiger partial charge in [-0.2, -0.15) is 8.42 Å². The number of hydrogen-bond acceptors (Lipinski definition) is 4. The minimum atomic E-state index is -4.64. The van der Waals surface area contributed by atoms with E-state index in [1.807, 2.05) is 0 Å². The molecule has 1 aromatic rings. The molecular weight excluding hydrogens is 463 g/mol. The van der Waals surface area contributed by atoms with Crippen LogP contribution in [0.1, 0.15) is 99.8 Å². The van der Waals surface area contributed by atoms with Crippen LogP contribution in [0.2, 0.25) is 0 Å². The van der Waals surface area contributed by atoms with Crippen molar-refractivity contribution in [1.29, 1.82) is 0 Å². The molecule has 0 aliphatic heterocycles. The zero-order valence-electron chi connectivity index (χ0n) is 20.5. The van der Waals surface area contributed by atoms with Crippen molar-refractivity contribution in [2.24, 2.45) is 0 Å². The molecule has 0 amide bonds. The molecule has 0 atom stereocenters. The van der Waals surface area contributed by atoms with Crippen LogP contribution in [0.5, 0.6) is 0 Å². The Morgan fingerprint density at radius 1 is 0.697 bits per heavy atom. The second-order valence-electron chi connectivity index (χ2n) is 8.48. The Morgan fingerprint density at radius 3 is 1.21 bits per heavy atom. The van der Waals surface area contributed by atoms with Crippen molar-refractivity contribution in [2.45, 2.75) is 84.0 Å². The Bertz CT molecular complexity index is 767. The van der Waals surface area contributed by atoms with Gasteiger partial charge < -0.3 is 10.2 Å². The molecule has 0 aliphatic carbocycles. The second-order valence-corrected chi connectivity index (χ2v) is 14.4. The quantitative estimate of drug-likeness (QED) is 0.182. The predicted octanol–water partition coefficient (Wildman–Crippen LogP) is 6.53. The van der Waals surface area contributed by atoms with Gasteiger partial charge >= 0.3 is 11.9 Å². The van der Waals surface area contributed by atoms with Crippen LogP contribution in [0, 0.1) is 0 Å². The number of aromatic carboxylic acids is 2. The second kappa shape index (κ2) is 16.2. The Labute approximate surface area is 200 Å². The maximum atomic E-state index is 10.8. The number of unbranched alkanes of at least 4 members (excludes halogenated alkanes) is 4. The largest absolute Gasteiger partial charge is 0.478 e. The third-order valence-corrected chi connectivity index (χ3v) is 11.5. The van der Waals surface area contributed by atoms with Crippen molar-refractivity contribution in [3.8, 4) is 0 Å². The molecule has 0 aliphatic rings. The van der Waals surface area contributed by atoms with E-state index < -0.39 is 45.3 Å². The number of benzene rings is 1. The van der Waals surface area contributed by atoms with Gasteiger partial charge in [0.2, 0.25) is 0 Å². The van der Waals surface area contributed by atoms with Crippen LogP contribution in [0.25, 0.3) is 0 Å². The lowest BCUT2D eigenvalue weighted by atomic mass is 10.1. The first-order valence-corrected chi connectivity index (χ1v) is 15.9. The van der Waals surface area contributed by atoms with Crippen molar-refractivity contribution in [3.05, 3.63) is 29.3 Å². The molecule has 191 valence electrons. The molecule has 0 spiro atoms. The van der Waals surface area contributed by atoms with Gasteiger partial charge in [0, 0.05) is 0 Å². The van der Waals surface area contributed by atoms with Crippen LogP contribution in [0.4, 0.5) is 0 Å². The van der Waals surface area contributed by atoms with Crippen LogP contribution < -0.4 is 0 Å². The molecule has 0 bridgehead atoms. The Balaban J connectivity index is 0.000000621. The molecule has 1 rings (SSSR count). The van der Waals surface area contributed by atoms with E-state index >= 15 is 0 Å². The summed E-state index contributed by atoms with van der Waals surface area (Å²) in [7, 11) is -5.20. The summed E-state index contributed by atoms with van der Waals surface area (Å²) in [5, 5.41) is 17.2. The van der Waals surface area contributed by atoms with E-state index in [0.717, 1.165) is 6.07 Å². The van der Waals surface area contributed by atoms with Gasteiger partial charge in [-0.15, -0.1) is 7.26 Å². The minimum absolute atomic E-state index is 0.535. The molecular formula is C24H42O7PS. The summed E-state index contributed by atoms with van der Waals surface area (Å²) in [5.41, 5.74) is -1.07. The average Bonchev–Trinajstić information content (AvgIpc) is 2.77. The highest BCUT2D eigenvalue weighted by Crippen LogP contribution is 2.61. The molecule has 0 unspecified atom stereocenters. The van der Waals surface area contributed by atoms with E-state index in [0.29, 0.717) is 12.1 Å². The summed E-state index contributed by atoms with van der Waals surface area (Å²) in [6.45, 7) is 9.42. The molecule has 1 radical (unpaired) electrons. The van der Waals surface area contributed by atoms with Gasteiger partial charge in [-0.25, -0.2) is 9.59 Å². The maximum absolute atomic E-state index is 10.8. The fraction of sp³-hybridized carbons (Fsp3) is 0.667. The third kappa shape index (κ3) is 12.5. The van der Waals surface area contributed by atoms with Crippen LogP contribution in [-0.4, -0.2) is 59.8 Å². The standard InChI is InChI=1S/C16H36P.C8H6O7S/c1-5-9-13-17(14-10-6-2,15-11-7-3)16-12-8-4;9-7(10)4-1-5(8(11)12)3-6(2-4)16(13,14)15/h5-16H2,1-4H3;1-3H,(H,9,10)(H,11,12)(H,13,14,15). The first-order valence-electron chi connectivity index (χ1n) is 11.9. The van der Waals surface area contributed by atoms with Gasteiger partial charge in [-0.3, -0.25) is 4.55 Å². The highest BCUT2D eigenvalue weighted by molar-refractivity contribution is 7.85. The number of carboxylic acids is 2. The smallest absolute Gasteiger partial charge is 0.335 e. The van der Waals surface area contributed by atoms with Crippen molar-refractivity contribution in [1.82, 2.24) is 0 Å². The Hall–Kier alpha value is -1.50. The Morgan fingerprint density at radius 2 is 1.00 bits per heavy atom. The Kier molecular flexibility index (Phi) is 15.4. The molecule has 3 N–H and O–H groups in total. The molecule has 9 heteroatoms. The van der Waals surface area contributed by atoms with Crippen LogP contribution in [-0.2, 0) is 10.1 Å². The lowest BCUT2D eigenvalue weighted by Gasteiger charge is -2.37. The third-order valence-electron chi connectivity index (χ3n) is 5.64. The van der Waals surface area contributed by atoms with E-state index in [2.05, 4.69) is 27.7 Å². The summed E-state index contributed by atoms with van der Waals surface area (Å²) in [6, 6.07) is 2.13. The van der Waals surface area contributed by atoms with E-state index in [4.69, 9.17) is 14.8 Å². The summed E-state index contributed by atoms with van der Waals surface area (Å²) in [4.78, 5) is 20.4. The average molecular weight is 506 g/mol. The van der Waals surface area contributed by atoms with Gasteiger partial charge in [0.1, 0.15) is 0 Å². The van der Waals surface area contributed by atoms with Crippen LogP contribution in [0.3, 0.4) is 0 Å². The van der Waals surface area contributed by atoms with Crippen molar-refractivity contribution < 1.29 is 32.8 Å². The molecule has 0 fully saturated rings. The lowest BCUT2D eigenvalue weighted by molar-refractivity contribution is 0.0696. The zero-order valence-corrected chi connectivity index (χ0v) is 22.3. The van der Waals surface area contributed by atoms with Crippen molar-refractivity contribution in [2.75, 3.05) is 24.6 Å². The number of carboxylic acid groups (broad SMARTS) is 2. The van der Waals surface area contributed by atoms with Gasteiger partial charge in [0.25, 0.3) is 10.1 Å². The fourth-order valence-corrected chi connectivity index (χ4v) is 9.48. The monoisotopic (exact) mass is 505 g/mol. The fourth-order valence-electron chi connectivity index (χ4n) is 3.64. The molecule has 0 saturated heterocycles. The van der Waals surface area contributed by atoms with E-state index in [9.17, 15) is 18.0 Å². The van der Waals surface area contributed by atoms with Gasteiger partial charge in [-0.1, -0.05) is 53.4 Å². The van der Waals surface area contributed by atoms with Gasteiger partial charge in [-0.05, 0) is 68.5 Å². The molecule has 0 saturated carbocycles. The van der Waals surface area contributed by atoms with E-state index in [1.54, 1.807) is 24.6 Å². The molecule has 7 nitrogen and oxygen atoms in total. The summed E-state index contributed by atoms with van der Waals surface area (Å²) in [5.74, 6) is -2.99. The summed E-state index contributed by atoms with van der Waals surface area (Å²) < 4.78 is 30.2. The number of hydrogen-bond donors (Lipinski definition) is 3. The first kappa shape index (κ1) is 31.5. The molecule has 1 aromatic carbocycles. The summed E-state index contributed by atoms with van der Waals surface area (Å²) >= 11 is 0. The zero-order chi connectivity index (χ0) is 25.5. The summed E-state index contributed by atoms with van der Waals surface area (Å²) in [6.07, 6.45) is 17.9. The first-order chi connectivity index (χ1) is 15.5.